The lowest BCUT2D eigenvalue weighted by Crippen LogP contribution is -2.43. The third-order valence-electron chi connectivity index (χ3n) is 3.84. The molecule has 0 amide bonds. The third-order valence-corrected chi connectivity index (χ3v) is 3.84. The number of hydrogen-bond acceptors (Lipinski definition) is 3. The van der Waals surface area contributed by atoms with Gasteiger partial charge in [-0.05, 0) is 51.4 Å². The fourth-order valence-corrected chi connectivity index (χ4v) is 2.73. The van der Waals surface area contributed by atoms with Crippen molar-refractivity contribution < 1.29 is 4.74 Å². The zero-order valence-corrected chi connectivity index (χ0v) is 10.4. The first-order valence-electron chi connectivity index (χ1n) is 6.52. The number of fused-ring (bicyclic) bond motifs is 1. The predicted molar refractivity (Wildman–Crippen MR) is 69.8 cm³/mol. The van der Waals surface area contributed by atoms with Crippen LogP contribution < -0.4 is 15.4 Å². The van der Waals surface area contributed by atoms with Gasteiger partial charge in [0.05, 0.1) is 0 Å². The fraction of sp³-hybridized carbons (Fsp3) is 0.571. The molecule has 0 aromatic heterocycles. The van der Waals surface area contributed by atoms with E-state index in [-0.39, 0.29) is 5.60 Å². The summed E-state index contributed by atoms with van der Waals surface area (Å²) in [6.07, 6.45) is 3.26. The van der Waals surface area contributed by atoms with Crippen molar-refractivity contribution in [1.82, 2.24) is 5.32 Å². The lowest BCUT2D eigenvalue weighted by Gasteiger charge is -2.35. The van der Waals surface area contributed by atoms with Crippen molar-refractivity contribution in [2.24, 2.45) is 0 Å². The van der Waals surface area contributed by atoms with Gasteiger partial charge in [0, 0.05) is 17.8 Å². The van der Waals surface area contributed by atoms with Gasteiger partial charge in [-0.15, -0.1) is 0 Å². The monoisotopic (exact) mass is 232 g/mol. The molecule has 92 valence electrons. The minimum absolute atomic E-state index is 0.00294. The highest BCUT2D eigenvalue weighted by Crippen LogP contribution is 2.35. The zero-order valence-electron chi connectivity index (χ0n) is 10.4. The molecule has 3 heteroatoms. The third kappa shape index (κ3) is 2.12. The topological polar surface area (TPSA) is 33.3 Å². The average molecular weight is 232 g/mol. The summed E-state index contributed by atoms with van der Waals surface area (Å²) >= 11 is 0. The molecule has 1 aromatic carbocycles. The van der Waals surface area contributed by atoms with E-state index < -0.39 is 0 Å². The quantitative estimate of drug-likeness (QED) is 0.820. The highest BCUT2D eigenvalue weighted by Gasteiger charge is 2.30. The molecule has 0 radical (unpaired) electrons. The first-order valence-corrected chi connectivity index (χ1v) is 6.52. The van der Waals surface area contributed by atoms with Crippen LogP contribution in [0.2, 0.25) is 0 Å². The van der Waals surface area contributed by atoms with Crippen molar-refractivity contribution in [2.75, 3.05) is 25.0 Å². The predicted octanol–water partition coefficient (Wildman–Crippen LogP) is 2.18. The molecule has 0 bridgehead atoms. The maximum absolute atomic E-state index is 6.31. The first-order chi connectivity index (χ1) is 8.27. The van der Waals surface area contributed by atoms with Gasteiger partial charge in [-0.25, -0.2) is 0 Å². The van der Waals surface area contributed by atoms with Crippen molar-refractivity contribution in [3.8, 4) is 5.75 Å². The van der Waals surface area contributed by atoms with E-state index in [1.807, 2.05) is 0 Å². The van der Waals surface area contributed by atoms with Crippen LogP contribution in [0.1, 0.15) is 25.3 Å². The average Bonchev–Trinajstić information content (AvgIpc) is 2.79. The lowest BCUT2D eigenvalue weighted by atomic mass is 9.94. The number of piperidine rings is 1. The van der Waals surface area contributed by atoms with E-state index in [1.165, 1.54) is 11.3 Å². The fourth-order valence-electron chi connectivity index (χ4n) is 2.73. The molecule has 0 unspecified atom stereocenters. The molecule has 1 saturated heterocycles. The zero-order chi connectivity index (χ0) is 11.7. The molecular formula is C14H20N2O. The summed E-state index contributed by atoms with van der Waals surface area (Å²) in [5.41, 5.74) is 2.61. The van der Waals surface area contributed by atoms with Crippen LogP contribution in [-0.2, 0) is 6.42 Å². The van der Waals surface area contributed by atoms with Crippen molar-refractivity contribution >= 4 is 5.69 Å². The largest absolute Gasteiger partial charge is 0.487 e. The Labute approximate surface area is 103 Å². The normalized spacial score (nSPS) is 21.7. The van der Waals surface area contributed by atoms with Gasteiger partial charge in [0.25, 0.3) is 0 Å². The highest BCUT2D eigenvalue weighted by molar-refractivity contribution is 5.61. The molecule has 2 aliphatic rings. The molecule has 2 heterocycles. The SMILES string of the molecule is CC1(Oc2cccc3c2CCN3)CCNCC1. The minimum Gasteiger partial charge on any atom is -0.487 e. The smallest absolute Gasteiger partial charge is 0.125 e. The molecule has 0 spiro atoms. The molecule has 3 rings (SSSR count). The van der Waals surface area contributed by atoms with Crippen LogP contribution >= 0.6 is 0 Å². The number of ether oxygens (including phenoxy) is 1. The molecule has 3 nitrogen and oxygen atoms in total. The Kier molecular flexibility index (Phi) is 2.71. The first kappa shape index (κ1) is 10.9. The van der Waals surface area contributed by atoms with Crippen molar-refractivity contribution in [1.29, 1.82) is 0 Å². The second-order valence-electron chi connectivity index (χ2n) is 5.26. The summed E-state index contributed by atoms with van der Waals surface area (Å²) in [6, 6.07) is 6.33. The maximum atomic E-state index is 6.31. The van der Waals surface area contributed by atoms with Gasteiger partial charge in [-0.2, -0.15) is 0 Å². The van der Waals surface area contributed by atoms with Crippen molar-refractivity contribution in [2.45, 2.75) is 31.8 Å². The molecule has 0 saturated carbocycles. The van der Waals surface area contributed by atoms with Gasteiger partial charge in [0.2, 0.25) is 0 Å². The molecule has 1 aromatic rings. The van der Waals surface area contributed by atoms with Gasteiger partial charge < -0.3 is 15.4 Å². The van der Waals surface area contributed by atoms with Crippen molar-refractivity contribution in [3.05, 3.63) is 23.8 Å². The van der Waals surface area contributed by atoms with Crippen LogP contribution in [0.25, 0.3) is 0 Å². The number of rotatable bonds is 2. The second-order valence-corrected chi connectivity index (χ2v) is 5.26. The Bertz CT molecular complexity index is 411. The standard InChI is InChI=1S/C14H20N2O/c1-14(6-9-15-10-7-14)17-13-4-2-3-12-11(13)5-8-16-12/h2-4,15-16H,5-10H2,1H3. The van der Waals surface area contributed by atoms with E-state index in [0.717, 1.165) is 44.6 Å². The van der Waals surface area contributed by atoms with Gasteiger partial charge >= 0.3 is 0 Å². The summed E-state index contributed by atoms with van der Waals surface area (Å²) in [4.78, 5) is 0. The van der Waals surface area contributed by atoms with Crippen LogP contribution in [0.3, 0.4) is 0 Å². The number of anilines is 1. The van der Waals surface area contributed by atoms with E-state index in [0.29, 0.717) is 0 Å². The van der Waals surface area contributed by atoms with Gasteiger partial charge in [-0.1, -0.05) is 6.07 Å². The Hall–Kier alpha value is -1.22. The molecule has 1 fully saturated rings. The summed E-state index contributed by atoms with van der Waals surface area (Å²) in [7, 11) is 0. The van der Waals surface area contributed by atoms with E-state index in [9.17, 15) is 0 Å². The molecule has 2 aliphatic heterocycles. The van der Waals surface area contributed by atoms with E-state index in [4.69, 9.17) is 4.74 Å². The van der Waals surface area contributed by atoms with E-state index >= 15 is 0 Å². The van der Waals surface area contributed by atoms with Crippen LogP contribution in [0.4, 0.5) is 5.69 Å². The molecule has 0 atom stereocenters. The number of hydrogen-bond donors (Lipinski definition) is 2. The molecule has 0 aliphatic carbocycles. The minimum atomic E-state index is 0.00294. The summed E-state index contributed by atoms with van der Waals surface area (Å²) < 4.78 is 6.31. The molecule has 2 N–H and O–H groups in total. The van der Waals surface area contributed by atoms with E-state index in [1.54, 1.807) is 0 Å². The Morgan fingerprint density at radius 2 is 2.00 bits per heavy atom. The van der Waals surface area contributed by atoms with Crippen LogP contribution in [0.5, 0.6) is 5.75 Å². The van der Waals surface area contributed by atoms with Gasteiger partial charge in [-0.3, -0.25) is 0 Å². The van der Waals surface area contributed by atoms with Gasteiger partial charge in [0.1, 0.15) is 11.4 Å². The van der Waals surface area contributed by atoms with Crippen LogP contribution in [0, 0.1) is 0 Å². The lowest BCUT2D eigenvalue weighted by molar-refractivity contribution is 0.0548. The highest BCUT2D eigenvalue weighted by atomic mass is 16.5. The van der Waals surface area contributed by atoms with E-state index in [2.05, 4.69) is 35.8 Å². The summed E-state index contributed by atoms with van der Waals surface area (Å²) in [6.45, 7) is 5.39. The summed E-state index contributed by atoms with van der Waals surface area (Å²) in [5.74, 6) is 1.08. The number of benzene rings is 1. The van der Waals surface area contributed by atoms with Crippen molar-refractivity contribution in [3.63, 3.8) is 0 Å². The molecule has 17 heavy (non-hydrogen) atoms. The van der Waals surface area contributed by atoms with Crippen LogP contribution in [0.15, 0.2) is 18.2 Å². The maximum Gasteiger partial charge on any atom is 0.125 e. The second kappa shape index (κ2) is 4.22. The van der Waals surface area contributed by atoms with Crippen LogP contribution in [-0.4, -0.2) is 25.2 Å². The molecular weight excluding hydrogens is 212 g/mol. The Morgan fingerprint density at radius 1 is 1.18 bits per heavy atom. The number of nitrogens with one attached hydrogen (secondary N) is 2. The Morgan fingerprint density at radius 3 is 2.82 bits per heavy atom. The van der Waals surface area contributed by atoms with Gasteiger partial charge in [0.15, 0.2) is 0 Å². The Balaban J connectivity index is 1.83. The summed E-state index contributed by atoms with van der Waals surface area (Å²) in [5, 5.41) is 6.78.